The van der Waals surface area contributed by atoms with E-state index >= 15 is 0 Å². The van der Waals surface area contributed by atoms with Gasteiger partial charge in [0.2, 0.25) is 0 Å². The summed E-state index contributed by atoms with van der Waals surface area (Å²) in [6, 6.07) is 2.90. The van der Waals surface area contributed by atoms with Crippen LogP contribution in [-0.2, 0) is 4.74 Å². The van der Waals surface area contributed by atoms with Gasteiger partial charge in [0.1, 0.15) is 11.8 Å². The molecule has 1 heterocycles. The van der Waals surface area contributed by atoms with Gasteiger partial charge in [-0.25, -0.2) is 4.79 Å². The van der Waals surface area contributed by atoms with Gasteiger partial charge in [-0.05, 0) is 25.5 Å². The smallest absolute Gasteiger partial charge is 0.315 e. The molecule has 0 aromatic carbocycles. The van der Waals surface area contributed by atoms with Crippen molar-refractivity contribution in [3.8, 4) is 0 Å². The zero-order chi connectivity index (χ0) is 13.4. The molecular formula is C12H20N2O4. The second kappa shape index (κ2) is 7.73. The Kier molecular flexibility index (Phi) is 6.24. The third-order valence-corrected chi connectivity index (χ3v) is 2.37. The van der Waals surface area contributed by atoms with Crippen LogP contribution in [0.1, 0.15) is 25.1 Å². The van der Waals surface area contributed by atoms with E-state index in [2.05, 4.69) is 10.6 Å². The van der Waals surface area contributed by atoms with E-state index in [-0.39, 0.29) is 12.1 Å². The molecule has 0 aliphatic rings. The highest BCUT2D eigenvalue weighted by Gasteiger charge is 2.16. The molecule has 2 unspecified atom stereocenters. The standard InChI is InChI=1S/C12H20N2O4/c1-9(15)5-6-13-12(16)14-10(8-17-2)11-4-3-7-18-11/h3-4,7,9-10,15H,5-6,8H2,1-2H3,(H2,13,14,16). The first kappa shape index (κ1) is 14.5. The summed E-state index contributed by atoms with van der Waals surface area (Å²) in [6.07, 6.45) is 1.64. The van der Waals surface area contributed by atoms with Gasteiger partial charge in [-0.2, -0.15) is 0 Å². The monoisotopic (exact) mass is 256 g/mol. The van der Waals surface area contributed by atoms with E-state index in [1.807, 2.05) is 0 Å². The summed E-state index contributed by atoms with van der Waals surface area (Å²) in [7, 11) is 1.56. The molecule has 1 aromatic rings. The maximum atomic E-state index is 11.6. The predicted molar refractivity (Wildman–Crippen MR) is 66.2 cm³/mol. The molecule has 0 aliphatic heterocycles. The van der Waals surface area contributed by atoms with Crippen LogP contribution in [0.4, 0.5) is 4.79 Å². The second-order valence-corrected chi connectivity index (χ2v) is 4.06. The van der Waals surface area contributed by atoms with Crippen molar-refractivity contribution < 1.29 is 19.1 Å². The van der Waals surface area contributed by atoms with Crippen LogP contribution < -0.4 is 10.6 Å². The summed E-state index contributed by atoms with van der Waals surface area (Å²) in [6.45, 7) is 2.43. The molecule has 1 aromatic heterocycles. The van der Waals surface area contributed by atoms with Crippen molar-refractivity contribution in [3.63, 3.8) is 0 Å². The van der Waals surface area contributed by atoms with E-state index in [0.29, 0.717) is 25.3 Å². The molecule has 1 rings (SSSR count). The number of nitrogens with one attached hydrogen (secondary N) is 2. The minimum absolute atomic E-state index is 0.311. The fourth-order valence-corrected chi connectivity index (χ4v) is 1.46. The first-order valence-electron chi connectivity index (χ1n) is 5.88. The van der Waals surface area contributed by atoms with Crippen LogP contribution in [0.25, 0.3) is 0 Å². The minimum atomic E-state index is -0.426. The Balaban J connectivity index is 2.39. The number of furan rings is 1. The largest absolute Gasteiger partial charge is 0.467 e. The zero-order valence-corrected chi connectivity index (χ0v) is 10.7. The Morgan fingerprint density at radius 1 is 1.61 bits per heavy atom. The third kappa shape index (κ3) is 5.20. The molecule has 2 atom stereocenters. The van der Waals surface area contributed by atoms with E-state index in [0.717, 1.165) is 0 Å². The molecule has 18 heavy (non-hydrogen) atoms. The summed E-state index contributed by atoms with van der Waals surface area (Å²) >= 11 is 0. The van der Waals surface area contributed by atoms with E-state index in [1.54, 1.807) is 32.4 Å². The molecular weight excluding hydrogens is 236 g/mol. The summed E-state index contributed by atoms with van der Waals surface area (Å²) in [5.74, 6) is 0.641. The van der Waals surface area contributed by atoms with E-state index in [1.165, 1.54) is 0 Å². The molecule has 6 nitrogen and oxygen atoms in total. The Morgan fingerprint density at radius 2 is 2.39 bits per heavy atom. The highest BCUT2D eigenvalue weighted by atomic mass is 16.5. The second-order valence-electron chi connectivity index (χ2n) is 4.06. The molecule has 0 fully saturated rings. The summed E-state index contributed by atoms with van der Waals surface area (Å²) in [5, 5.41) is 14.5. The number of hydrogen-bond donors (Lipinski definition) is 3. The Labute approximate surface area is 106 Å². The first-order chi connectivity index (χ1) is 8.63. The molecule has 102 valence electrons. The lowest BCUT2D eigenvalue weighted by molar-refractivity contribution is 0.156. The Bertz CT molecular complexity index is 338. The van der Waals surface area contributed by atoms with Crippen LogP contribution >= 0.6 is 0 Å². The van der Waals surface area contributed by atoms with E-state index in [4.69, 9.17) is 14.3 Å². The Morgan fingerprint density at radius 3 is 2.94 bits per heavy atom. The molecule has 2 amide bonds. The molecule has 0 radical (unpaired) electrons. The van der Waals surface area contributed by atoms with E-state index < -0.39 is 6.10 Å². The summed E-state index contributed by atoms with van der Waals surface area (Å²) < 4.78 is 10.3. The number of ether oxygens (including phenoxy) is 1. The van der Waals surface area contributed by atoms with Crippen molar-refractivity contribution in [3.05, 3.63) is 24.2 Å². The van der Waals surface area contributed by atoms with Crippen LogP contribution in [0, 0.1) is 0 Å². The summed E-state index contributed by atoms with van der Waals surface area (Å²) in [5.41, 5.74) is 0. The molecule has 0 saturated heterocycles. The topological polar surface area (TPSA) is 83.7 Å². The number of aliphatic hydroxyl groups is 1. The van der Waals surface area contributed by atoms with Crippen molar-refractivity contribution in [1.29, 1.82) is 0 Å². The van der Waals surface area contributed by atoms with Gasteiger partial charge in [-0.3, -0.25) is 0 Å². The number of aliphatic hydroxyl groups excluding tert-OH is 1. The quantitative estimate of drug-likeness (QED) is 0.680. The van der Waals surface area contributed by atoms with Gasteiger partial charge >= 0.3 is 6.03 Å². The van der Waals surface area contributed by atoms with Crippen molar-refractivity contribution in [2.75, 3.05) is 20.3 Å². The summed E-state index contributed by atoms with van der Waals surface area (Å²) in [4.78, 5) is 11.6. The number of rotatable bonds is 7. The highest BCUT2D eigenvalue weighted by Crippen LogP contribution is 2.13. The van der Waals surface area contributed by atoms with Gasteiger partial charge in [-0.15, -0.1) is 0 Å². The van der Waals surface area contributed by atoms with Crippen LogP contribution in [0.5, 0.6) is 0 Å². The van der Waals surface area contributed by atoms with Gasteiger partial charge < -0.3 is 24.9 Å². The number of urea groups is 1. The maximum Gasteiger partial charge on any atom is 0.315 e. The number of carbonyl (C=O) groups is 1. The van der Waals surface area contributed by atoms with Gasteiger partial charge in [0, 0.05) is 13.7 Å². The average molecular weight is 256 g/mol. The van der Waals surface area contributed by atoms with Gasteiger partial charge in [-0.1, -0.05) is 0 Å². The normalized spacial score (nSPS) is 13.9. The van der Waals surface area contributed by atoms with Crippen LogP contribution in [-0.4, -0.2) is 37.5 Å². The molecule has 0 bridgehead atoms. The van der Waals surface area contributed by atoms with Crippen LogP contribution in [0.15, 0.2) is 22.8 Å². The molecule has 0 saturated carbocycles. The Hall–Kier alpha value is -1.53. The lowest BCUT2D eigenvalue weighted by Crippen LogP contribution is -2.40. The average Bonchev–Trinajstić information content (AvgIpc) is 2.81. The SMILES string of the molecule is COCC(NC(=O)NCCC(C)O)c1ccco1. The van der Waals surface area contributed by atoms with Crippen molar-refractivity contribution in [1.82, 2.24) is 10.6 Å². The number of hydrogen-bond acceptors (Lipinski definition) is 4. The highest BCUT2D eigenvalue weighted by molar-refractivity contribution is 5.74. The lowest BCUT2D eigenvalue weighted by Gasteiger charge is -2.16. The van der Waals surface area contributed by atoms with Crippen LogP contribution in [0.3, 0.4) is 0 Å². The molecule has 6 heteroatoms. The van der Waals surface area contributed by atoms with E-state index in [9.17, 15) is 4.79 Å². The lowest BCUT2D eigenvalue weighted by atomic mass is 10.2. The minimum Gasteiger partial charge on any atom is -0.467 e. The zero-order valence-electron chi connectivity index (χ0n) is 10.7. The van der Waals surface area contributed by atoms with Crippen molar-refractivity contribution in [2.24, 2.45) is 0 Å². The number of methoxy groups -OCH3 is 1. The molecule has 0 spiro atoms. The number of amides is 2. The van der Waals surface area contributed by atoms with Crippen LogP contribution in [0.2, 0.25) is 0 Å². The van der Waals surface area contributed by atoms with Gasteiger partial charge in [0.15, 0.2) is 0 Å². The molecule has 0 aliphatic carbocycles. The van der Waals surface area contributed by atoms with Gasteiger partial charge in [0.25, 0.3) is 0 Å². The predicted octanol–water partition coefficient (Wildman–Crippen LogP) is 1.04. The number of carbonyl (C=O) groups excluding carboxylic acids is 1. The fraction of sp³-hybridized carbons (Fsp3) is 0.583. The van der Waals surface area contributed by atoms with Crippen molar-refractivity contribution in [2.45, 2.75) is 25.5 Å². The van der Waals surface area contributed by atoms with Crippen molar-refractivity contribution >= 4 is 6.03 Å². The first-order valence-corrected chi connectivity index (χ1v) is 5.88. The fourth-order valence-electron chi connectivity index (χ4n) is 1.46. The van der Waals surface area contributed by atoms with Gasteiger partial charge in [0.05, 0.1) is 19.0 Å². The molecule has 3 N–H and O–H groups in total. The maximum absolute atomic E-state index is 11.6. The third-order valence-electron chi connectivity index (χ3n) is 2.37.